The van der Waals surface area contributed by atoms with Crippen LogP contribution in [0.4, 0.5) is 15.9 Å². The van der Waals surface area contributed by atoms with Crippen LogP contribution in [0.2, 0.25) is 0 Å². The summed E-state index contributed by atoms with van der Waals surface area (Å²) in [5, 5.41) is 13.9. The number of aliphatic hydroxyl groups is 1. The van der Waals surface area contributed by atoms with Crippen molar-refractivity contribution in [1.82, 2.24) is 14.5 Å². The van der Waals surface area contributed by atoms with Crippen molar-refractivity contribution in [3.8, 4) is 11.3 Å². The summed E-state index contributed by atoms with van der Waals surface area (Å²) >= 11 is 0. The number of fused-ring (bicyclic) bond motifs is 1. The third-order valence-electron chi connectivity index (χ3n) is 5.84. The number of aromatic nitrogens is 2. The number of carbonyl (C=O) groups is 1. The predicted octanol–water partition coefficient (Wildman–Crippen LogP) is 4.24. The molecule has 1 atom stereocenters. The second-order valence-electron chi connectivity index (χ2n) is 8.23. The lowest BCUT2D eigenvalue weighted by Gasteiger charge is -2.33. The Morgan fingerprint density at radius 2 is 1.84 bits per heavy atom. The van der Waals surface area contributed by atoms with E-state index in [2.05, 4.69) is 9.88 Å². The van der Waals surface area contributed by atoms with Gasteiger partial charge in [-0.05, 0) is 56.7 Å². The zero-order chi connectivity index (χ0) is 22.2. The molecule has 0 spiro atoms. The summed E-state index contributed by atoms with van der Waals surface area (Å²) in [6, 6.07) is 14.3. The standard InChI is InChI=1S/C24H27FN4O2/c1-4-24(3,31)23(30)28-13-14-29-20(15-28)27-21(17-7-9-18(25)10-8-17)22(29)26-19-11-5-16(2)6-12-19/h5-12,26,31H,4,13-15H2,1-3H3. The highest BCUT2D eigenvalue weighted by atomic mass is 19.1. The highest BCUT2D eigenvalue weighted by molar-refractivity contribution is 5.85. The van der Waals surface area contributed by atoms with Crippen LogP contribution in [0.3, 0.4) is 0 Å². The van der Waals surface area contributed by atoms with Crippen LogP contribution in [-0.2, 0) is 17.9 Å². The average molecular weight is 423 g/mol. The monoisotopic (exact) mass is 422 g/mol. The van der Waals surface area contributed by atoms with E-state index in [1.54, 1.807) is 30.9 Å². The number of amides is 1. The van der Waals surface area contributed by atoms with Crippen molar-refractivity contribution in [1.29, 1.82) is 0 Å². The third kappa shape index (κ3) is 4.18. The number of nitrogens with zero attached hydrogens (tertiary/aromatic N) is 3. The number of aryl methyl sites for hydroxylation is 1. The minimum absolute atomic E-state index is 0.291. The van der Waals surface area contributed by atoms with Gasteiger partial charge in [0.15, 0.2) is 0 Å². The van der Waals surface area contributed by atoms with E-state index in [1.165, 1.54) is 12.1 Å². The maximum Gasteiger partial charge on any atom is 0.254 e. The lowest BCUT2D eigenvalue weighted by atomic mass is 10.0. The van der Waals surface area contributed by atoms with Crippen molar-refractivity contribution >= 4 is 17.4 Å². The maximum atomic E-state index is 13.5. The Labute approximate surface area is 181 Å². The Hall–Kier alpha value is -3.19. The number of carbonyl (C=O) groups excluding carboxylic acids is 1. The smallest absolute Gasteiger partial charge is 0.254 e. The normalized spacial score (nSPS) is 15.3. The second kappa shape index (κ2) is 8.15. The Kier molecular flexibility index (Phi) is 5.54. The van der Waals surface area contributed by atoms with Gasteiger partial charge in [-0.3, -0.25) is 4.79 Å². The van der Waals surface area contributed by atoms with E-state index in [4.69, 9.17) is 4.98 Å². The minimum Gasteiger partial charge on any atom is -0.380 e. The Bertz CT molecular complexity index is 1090. The lowest BCUT2D eigenvalue weighted by Crippen LogP contribution is -2.49. The molecule has 162 valence electrons. The molecule has 31 heavy (non-hydrogen) atoms. The Morgan fingerprint density at radius 3 is 2.48 bits per heavy atom. The number of rotatable bonds is 5. The van der Waals surface area contributed by atoms with Crippen molar-refractivity contribution < 1.29 is 14.3 Å². The first-order chi connectivity index (χ1) is 14.8. The molecule has 1 amide bonds. The van der Waals surface area contributed by atoms with Crippen LogP contribution in [0.25, 0.3) is 11.3 Å². The molecular weight excluding hydrogens is 395 g/mol. The zero-order valence-corrected chi connectivity index (χ0v) is 18.0. The molecule has 3 aromatic rings. The summed E-state index contributed by atoms with van der Waals surface area (Å²) in [5.41, 5.74) is 2.18. The van der Waals surface area contributed by atoms with Crippen LogP contribution in [-0.4, -0.2) is 37.6 Å². The molecule has 0 fully saturated rings. The molecule has 0 radical (unpaired) electrons. The summed E-state index contributed by atoms with van der Waals surface area (Å²) in [6.45, 7) is 6.70. The van der Waals surface area contributed by atoms with Crippen molar-refractivity contribution in [2.75, 3.05) is 11.9 Å². The first-order valence-electron chi connectivity index (χ1n) is 10.5. The molecule has 1 unspecified atom stereocenters. The molecular formula is C24H27FN4O2. The van der Waals surface area contributed by atoms with Crippen LogP contribution in [0.1, 0.15) is 31.7 Å². The lowest BCUT2D eigenvalue weighted by molar-refractivity contribution is -0.151. The van der Waals surface area contributed by atoms with Crippen molar-refractivity contribution in [2.45, 2.75) is 45.9 Å². The highest BCUT2D eigenvalue weighted by Gasteiger charge is 2.35. The van der Waals surface area contributed by atoms with Crippen molar-refractivity contribution in [3.05, 3.63) is 65.7 Å². The van der Waals surface area contributed by atoms with Gasteiger partial charge in [-0.25, -0.2) is 9.37 Å². The minimum atomic E-state index is -1.39. The number of nitrogens with one attached hydrogen (secondary N) is 1. The van der Waals surface area contributed by atoms with Gasteiger partial charge >= 0.3 is 0 Å². The van der Waals surface area contributed by atoms with E-state index in [0.29, 0.717) is 31.7 Å². The summed E-state index contributed by atoms with van der Waals surface area (Å²) in [4.78, 5) is 19.2. The van der Waals surface area contributed by atoms with E-state index in [0.717, 1.165) is 28.5 Å². The number of hydrogen-bond donors (Lipinski definition) is 2. The first kappa shape index (κ1) is 21.1. The van der Waals surface area contributed by atoms with Gasteiger partial charge in [0, 0.05) is 24.3 Å². The second-order valence-corrected chi connectivity index (χ2v) is 8.23. The van der Waals surface area contributed by atoms with Gasteiger partial charge in [-0.2, -0.15) is 0 Å². The van der Waals surface area contributed by atoms with Crippen molar-refractivity contribution in [2.24, 2.45) is 0 Å². The summed E-state index contributed by atoms with van der Waals surface area (Å²) in [7, 11) is 0. The van der Waals surface area contributed by atoms with E-state index in [9.17, 15) is 14.3 Å². The molecule has 2 N–H and O–H groups in total. The number of benzene rings is 2. The molecule has 0 saturated carbocycles. The topological polar surface area (TPSA) is 70.4 Å². The molecule has 6 nitrogen and oxygen atoms in total. The van der Waals surface area contributed by atoms with Gasteiger partial charge in [0.2, 0.25) is 0 Å². The van der Waals surface area contributed by atoms with E-state index >= 15 is 0 Å². The summed E-state index contributed by atoms with van der Waals surface area (Å²) in [6.07, 6.45) is 0.345. The maximum absolute atomic E-state index is 13.5. The van der Waals surface area contributed by atoms with Gasteiger partial charge in [-0.1, -0.05) is 24.6 Å². The SMILES string of the molecule is CCC(C)(O)C(=O)N1CCn2c(nc(-c3ccc(F)cc3)c2Nc2ccc(C)cc2)C1. The predicted molar refractivity (Wildman–Crippen MR) is 118 cm³/mol. The van der Waals surface area contributed by atoms with Gasteiger partial charge in [0.25, 0.3) is 5.91 Å². The molecule has 4 rings (SSSR count). The van der Waals surface area contributed by atoms with Crippen LogP contribution in [0.15, 0.2) is 48.5 Å². The molecule has 1 aromatic heterocycles. The molecule has 0 aliphatic carbocycles. The molecule has 1 aliphatic rings. The summed E-state index contributed by atoms with van der Waals surface area (Å²) < 4.78 is 15.5. The number of imidazole rings is 1. The van der Waals surface area contributed by atoms with Crippen LogP contribution in [0, 0.1) is 12.7 Å². The van der Waals surface area contributed by atoms with Gasteiger partial charge < -0.3 is 19.9 Å². The van der Waals surface area contributed by atoms with Crippen LogP contribution in [0.5, 0.6) is 0 Å². The zero-order valence-electron chi connectivity index (χ0n) is 18.0. The van der Waals surface area contributed by atoms with E-state index in [-0.39, 0.29) is 11.7 Å². The third-order valence-corrected chi connectivity index (χ3v) is 5.84. The largest absolute Gasteiger partial charge is 0.380 e. The fourth-order valence-electron chi connectivity index (χ4n) is 3.71. The van der Waals surface area contributed by atoms with Gasteiger partial charge in [-0.15, -0.1) is 0 Å². The molecule has 1 aliphatic heterocycles. The number of hydrogen-bond acceptors (Lipinski definition) is 4. The average Bonchev–Trinajstić information content (AvgIpc) is 3.12. The number of halogens is 1. The molecule has 0 saturated heterocycles. The first-order valence-corrected chi connectivity index (χ1v) is 10.5. The van der Waals surface area contributed by atoms with Crippen molar-refractivity contribution in [3.63, 3.8) is 0 Å². The highest BCUT2D eigenvalue weighted by Crippen LogP contribution is 2.34. The fraction of sp³-hybridized carbons (Fsp3) is 0.333. The molecule has 0 bridgehead atoms. The molecule has 2 heterocycles. The molecule has 7 heteroatoms. The number of anilines is 2. The van der Waals surface area contributed by atoms with Gasteiger partial charge in [0.1, 0.15) is 28.8 Å². The Balaban J connectivity index is 1.73. The quantitative estimate of drug-likeness (QED) is 0.645. The van der Waals surface area contributed by atoms with Crippen LogP contribution < -0.4 is 5.32 Å². The Morgan fingerprint density at radius 1 is 1.16 bits per heavy atom. The van der Waals surface area contributed by atoms with Gasteiger partial charge in [0.05, 0.1) is 6.54 Å². The van der Waals surface area contributed by atoms with E-state index in [1.807, 2.05) is 31.2 Å². The summed E-state index contributed by atoms with van der Waals surface area (Å²) in [5.74, 6) is 0.931. The van der Waals surface area contributed by atoms with Crippen LogP contribution >= 0.6 is 0 Å². The van der Waals surface area contributed by atoms with E-state index < -0.39 is 5.60 Å². The fourth-order valence-corrected chi connectivity index (χ4v) is 3.71. The molecule has 2 aromatic carbocycles.